The van der Waals surface area contributed by atoms with Crippen LogP contribution in [-0.4, -0.2) is 36.0 Å². The molecule has 5 nitrogen and oxygen atoms in total. The highest BCUT2D eigenvalue weighted by Gasteiger charge is 2.25. The van der Waals surface area contributed by atoms with Crippen molar-refractivity contribution in [1.29, 1.82) is 0 Å². The average molecular weight is 272 g/mol. The molecule has 2 atom stereocenters. The van der Waals surface area contributed by atoms with Crippen LogP contribution in [0.15, 0.2) is 18.2 Å². The Kier molecular flexibility index (Phi) is 5.72. The summed E-state index contributed by atoms with van der Waals surface area (Å²) in [5.74, 6) is -0.969. The normalized spacial score (nSPS) is 13.7. The zero-order valence-corrected chi connectivity index (χ0v) is 10.8. The van der Waals surface area contributed by atoms with E-state index in [9.17, 15) is 19.4 Å². The molecule has 0 aromatic heterocycles. The Bertz CT molecular complexity index is 435. The topological polar surface area (TPSA) is 76.0 Å². The Morgan fingerprint density at radius 3 is 2.68 bits per heavy atom. The van der Waals surface area contributed by atoms with Gasteiger partial charge in [-0.25, -0.2) is 4.39 Å². The van der Waals surface area contributed by atoms with E-state index >= 15 is 0 Å². The summed E-state index contributed by atoms with van der Waals surface area (Å²) < 4.78 is 22.8. The van der Waals surface area contributed by atoms with Gasteiger partial charge in [-0.05, 0) is 25.1 Å². The second kappa shape index (κ2) is 7.06. The molecule has 0 bridgehead atoms. The fourth-order valence-electron chi connectivity index (χ4n) is 1.61. The lowest BCUT2D eigenvalue weighted by Gasteiger charge is -2.20. The van der Waals surface area contributed by atoms with Crippen molar-refractivity contribution in [3.05, 3.63) is 29.6 Å². The molecule has 2 unspecified atom stereocenters. The highest BCUT2D eigenvalue weighted by Crippen LogP contribution is 2.29. The van der Waals surface area contributed by atoms with Gasteiger partial charge in [0.2, 0.25) is 0 Å². The first-order chi connectivity index (χ1) is 8.99. The van der Waals surface area contributed by atoms with Gasteiger partial charge in [0.15, 0.2) is 0 Å². The molecule has 106 valence electrons. The van der Waals surface area contributed by atoms with Crippen LogP contribution in [0.1, 0.15) is 25.0 Å². The van der Waals surface area contributed by atoms with Gasteiger partial charge >= 0.3 is 5.97 Å². The highest BCUT2D eigenvalue weighted by molar-refractivity contribution is 5.69. The second-order valence-corrected chi connectivity index (χ2v) is 3.91. The van der Waals surface area contributed by atoms with Crippen LogP contribution in [0.3, 0.4) is 0 Å². The van der Waals surface area contributed by atoms with Crippen LogP contribution < -0.4 is 4.74 Å². The summed E-state index contributed by atoms with van der Waals surface area (Å²) in [7, 11) is 1.18. The van der Waals surface area contributed by atoms with E-state index in [1.54, 1.807) is 6.92 Å². The minimum absolute atomic E-state index is 0.0956. The minimum Gasteiger partial charge on any atom is -0.493 e. The highest BCUT2D eigenvalue weighted by atomic mass is 19.1. The van der Waals surface area contributed by atoms with E-state index in [1.807, 2.05) is 0 Å². The van der Waals surface area contributed by atoms with Gasteiger partial charge in [0, 0.05) is 5.56 Å². The number of aliphatic hydroxyl groups is 2. The third-order valence-corrected chi connectivity index (χ3v) is 2.56. The molecule has 0 fully saturated rings. The molecule has 2 N–H and O–H groups in total. The second-order valence-electron chi connectivity index (χ2n) is 3.91. The van der Waals surface area contributed by atoms with Crippen LogP contribution in [0.5, 0.6) is 5.75 Å². The van der Waals surface area contributed by atoms with E-state index in [2.05, 4.69) is 4.74 Å². The van der Waals surface area contributed by atoms with E-state index in [0.717, 1.165) is 6.07 Å². The maximum absolute atomic E-state index is 13.2. The Morgan fingerprint density at radius 1 is 1.42 bits per heavy atom. The largest absolute Gasteiger partial charge is 0.493 e. The van der Waals surface area contributed by atoms with Gasteiger partial charge in [0.05, 0.1) is 26.2 Å². The molecular formula is C13H17FO5. The Morgan fingerprint density at radius 2 is 2.11 bits per heavy atom. The van der Waals surface area contributed by atoms with Crippen molar-refractivity contribution in [1.82, 2.24) is 0 Å². The van der Waals surface area contributed by atoms with Crippen molar-refractivity contribution in [2.75, 3.05) is 13.7 Å². The molecule has 0 heterocycles. The maximum atomic E-state index is 13.2. The SMILES string of the molecule is CCOc1ccc(F)cc1C(O)C(O)CC(=O)OC. The molecule has 0 saturated carbocycles. The number of esters is 1. The first-order valence-electron chi connectivity index (χ1n) is 5.84. The Labute approximate surface area is 110 Å². The van der Waals surface area contributed by atoms with Crippen LogP contribution in [0.25, 0.3) is 0 Å². The number of benzene rings is 1. The third-order valence-electron chi connectivity index (χ3n) is 2.56. The first-order valence-corrected chi connectivity index (χ1v) is 5.84. The van der Waals surface area contributed by atoms with E-state index in [1.165, 1.54) is 19.2 Å². The lowest BCUT2D eigenvalue weighted by Crippen LogP contribution is -2.23. The van der Waals surface area contributed by atoms with Gasteiger partial charge < -0.3 is 19.7 Å². The number of hydrogen-bond donors (Lipinski definition) is 2. The summed E-state index contributed by atoms with van der Waals surface area (Å²) >= 11 is 0. The lowest BCUT2D eigenvalue weighted by molar-refractivity contribution is -0.144. The van der Waals surface area contributed by atoms with Crippen LogP contribution >= 0.6 is 0 Å². The summed E-state index contributed by atoms with van der Waals surface area (Å²) in [6.45, 7) is 2.07. The summed E-state index contributed by atoms with van der Waals surface area (Å²) in [5, 5.41) is 19.7. The molecule has 19 heavy (non-hydrogen) atoms. The number of aliphatic hydroxyl groups excluding tert-OH is 2. The summed E-state index contributed by atoms with van der Waals surface area (Å²) in [4.78, 5) is 11.0. The van der Waals surface area contributed by atoms with Crippen molar-refractivity contribution in [3.63, 3.8) is 0 Å². The molecule has 0 amide bonds. The molecule has 0 radical (unpaired) electrons. The smallest absolute Gasteiger partial charge is 0.308 e. The molecule has 0 spiro atoms. The Balaban J connectivity index is 2.93. The van der Waals surface area contributed by atoms with Crippen molar-refractivity contribution >= 4 is 5.97 Å². The average Bonchev–Trinajstić information content (AvgIpc) is 2.39. The van der Waals surface area contributed by atoms with Gasteiger partial charge in [-0.2, -0.15) is 0 Å². The van der Waals surface area contributed by atoms with Gasteiger partial charge in [-0.1, -0.05) is 0 Å². The summed E-state index contributed by atoms with van der Waals surface area (Å²) in [6, 6.07) is 3.62. The van der Waals surface area contributed by atoms with Gasteiger partial charge in [-0.3, -0.25) is 4.79 Å². The van der Waals surface area contributed by atoms with Crippen LogP contribution in [0.4, 0.5) is 4.39 Å². The van der Waals surface area contributed by atoms with E-state index in [-0.39, 0.29) is 17.7 Å². The molecule has 6 heteroatoms. The van der Waals surface area contributed by atoms with Gasteiger partial charge in [-0.15, -0.1) is 0 Å². The van der Waals surface area contributed by atoms with E-state index in [0.29, 0.717) is 6.61 Å². The molecule has 1 rings (SSSR count). The Hall–Kier alpha value is -1.66. The predicted molar refractivity (Wildman–Crippen MR) is 65.2 cm³/mol. The van der Waals surface area contributed by atoms with Crippen LogP contribution in [-0.2, 0) is 9.53 Å². The molecule has 0 aliphatic heterocycles. The minimum atomic E-state index is -1.43. The van der Waals surface area contributed by atoms with Gasteiger partial charge in [0.1, 0.15) is 17.7 Å². The van der Waals surface area contributed by atoms with Crippen LogP contribution in [0, 0.1) is 5.82 Å². The van der Waals surface area contributed by atoms with E-state index in [4.69, 9.17) is 4.74 Å². The number of halogens is 1. The molecule has 1 aromatic carbocycles. The molecule has 0 aliphatic rings. The summed E-state index contributed by atoms with van der Waals surface area (Å²) in [5.41, 5.74) is 0.0956. The monoisotopic (exact) mass is 272 g/mol. The van der Waals surface area contributed by atoms with Crippen molar-refractivity contribution in [3.8, 4) is 5.75 Å². The number of hydrogen-bond acceptors (Lipinski definition) is 5. The number of carbonyl (C=O) groups is 1. The third kappa shape index (κ3) is 4.18. The van der Waals surface area contributed by atoms with Crippen molar-refractivity contribution in [2.24, 2.45) is 0 Å². The predicted octanol–water partition coefficient (Wildman–Crippen LogP) is 1.18. The number of ether oxygens (including phenoxy) is 2. The molecule has 1 aromatic rings. The lowest BCUT2D eigenvalue weighted by atomic mass is 10.0. The molecule has 0 saturated heterocycles. The van der Waals surface area contributed by atoms with Crippen molar-refractivity contribution < 1.29 is 28.9 Å². The fourth-order valence-corrected chi connectivity index (χ4v) is 1.61. The first kappa shape index (κ1) is 15.4. The zero-order chi connectivity index (χ0) is 14.4. The fraction of sp³-hybridized carbons (Fsp3) is 0.462. The van der Waals surface area contributed by atoms with Crippen molar-refractivity contribution in [2.45, 2.75) is 25.6 Å². The number of methoxy groups -OCH3 is 1. The van der Waals surface area contributed by atoms with Crippen LogP contribution in [0.2, 0.25) is 0 Å². The van der Waals surface area contributed by atoms with Gasteiger partial charge in [0.25, 0.3) is 0 Å². The number of carbonyl (C=O) groups excluding carboxylic acids is 1. The quantitative estimate of drug-likeness (QED) is 0.761. The number of rotatable bonds is 6. The maximum Gasteiger partial charge on any atom is 0.308 e. The van der Waals surface area contributed by atoms with E-state index < -0.39 is 24.0 Å². The summed E-state index contributed by atoms with van der Waals surface area (Å²) in [6.07, 6.45) is -3.22. The molecule has 0 aliphatic carbocycles. The molecular weight excluding hydrogens is 255 g/mol. The zero-order valence-electron chi connectivity index (χ0n) is 10.8. The standard InChI is InChI=1S/C13H17FO5/c1-3-19-11-5-4-8(14)6-9(11)13(17)10(15)7-12(16)18-2/h4-6,10,13,15,17H,3,7H2,1-2H3.